The second-order valence-electron chi connectivity index (χ2n) is 6.10. The maximum atomic E-state index is 12.6. The van der Waals surface area contributed by atoms with Gasteiger partial charge in [-0.3, -0.25) is 4.79 Å². The van der Waals surface area contributed by atoms with E-state index in [-0.39, 0.29) is 18.1 Å². The second-order valence-corrected chi connectivity index (χ2v) is 6.96. The summed E-state index contributed by atoms with van der Waals surface area (Å²) in [7, 11) is 1.64. The first-order chi connectivity index (χ1) is 11.6. The summed E-state index contributed by atoms with van der Waals surface area (Å²) in [6, 6.07) is 11.6. The quantitative estimate of drug-likeness (QED) is 0.830. The van der Waals surface area contributed by atoms with E-state index in [1.807, 2.05) is 36.4 Å². The molecular formula is C18H18BrN3O2. The number of ether oxygens (including phenoxy) is 1. The van der Waals surface area contributed by atoms with Crippen LogP contribution in [0.4, 0.5) is 5.69 Å². The first-order valence-electron chi connectivity index (χ1n) is 7.89. The van der Waals surface area contributed by atoms with Crippen molar-refractivity contribution in [3.8, 4) is 5.75 Å². The van der Waals surface area contributed by atoms with Crippen molar-refractivity contribution in [2.24, 2.45) is 5.73 Å². The van der Waals surface area contributed by atoms with Gasteiger partial charge >= 0.3 is 0 Å². The van der Waals surface area contributed by atoms with Crippen LogP contribution >= 0.6 is 15.9 Å². The highest BCUT2D eigenvalue weighted by Crippen LogP contribution is 2.42. The predicted molar refractivity (Wildman–Crippen MR) is 96.2 cm³/mol. The number of nitrogens with zero attached hydrogens (tertiary/aromatic N) is 1. The minimum Gasteiger partial charge on any atom is -0.496 e. The van der Waals surface area contributed by atoms with E-state index in [0.29, 0.717) is 5.56 Å². The summed E-state index contributed by atoms with van der Waals surface area (Å²) in [5, 5.41) is 3.12. The SMILES string of the molecule is COc1ccc([C@H]2NC(=O)c3cccc4c3N2CC[C@H]4N)cc1Br. The van der Waals surface area contributed by atoms with Crippen molar-refractivity contribution in [2.75, 3.05) is 18.6 Å². The molecule has 2 aromatic carbocycles. The van der Waals surface area contributed by atoms with Gasteiger partial charge in [0.25, 0.3) is 5.91 Å². The molecule has 2 heterocycles. The van der Waals surface area contributed by atoms with Gasteiger partial charge in [-0.1, -0.05) is 18.2 Å². The van der Waals surface area contributed by atoms with Gasteiger partial charge in [-0.15, -0.1) is 0 Å². The van der Waals surface area contributed by atoms with Gasteiger partial charge in [0.1, 0.15) is 11.9 Å². The molecular weight excluding hydrogens is 370 g/mol. The van der Waals surface area contributed by atoms with Gasteiger partial charge in [-0.05, 0) is 51.7 Å². The zero-order chi connectivity index (χ0) is 16.8. The summed E-state index contributed by atoms with van der Waals surface area (Å²) in [4.78, 5) is 14.8. The van der Waals surface area contributed by atoms with Crippen LogP contribution in [0.3, 0.4) is 0 Å². The van der Waals surface area contributed by atoms with Crippen LogP contribution in [0.5, 0.6) is 5.75 Å². The van der Waals surface area contributed by atoms with Crippen LogP contribution in [0.2, 0.25) is 0 Å². The molecule has 0 unspecified atom stereocenters. The number of rotatable bonds is 2. The van der Waals surface area contributed by atoms with Gasteiger partial charge in [0.15, 0.2) is 0 Å². The van der Waals surface area contributed by atoms with Crippen LogP contribution in [0.25, 0.3) is 0 Å². The molecule has 124 valence electrons. The van der Waals surface area contributed by atoms with Gasteiger partial charge in [0, 0.05) is 12.6 Å². The minimum atomic E-state index is -0.208. The summed E-state index contributed by atoms with van der Waals surface area (Å²) in [5.41, 5.74) is 9.99. The van der Waals surface area contributed by atoms with Crippen LogP contribution < -0.4 is 20.7 Å². The number of nitrogens with two attached hydrogens (primary N) is 1. The Labute approximate surface area is 148 Å². The monoisotopic (exact) mass is 387 g/mol. The molecule has 0 saturated heterocycles. The summed E-state index contributed by atoms with van der Waals surface area (Å²) in [6.07, 6.45) is 0.654. The van der Waals surface area contributed by atoms with Crippen LogP contribution in [0.1, 0.15) is 40.1 Å². The third-order valence-electron chi connectivity index (χ3n) is 4.75. The highest BCUT2D eigenvalue weighted by molar-refractivity contribution is 9.10. The number of methoxy groups -OCH3 is 1. The van der Waals surface area contributed by atoms with Gasteiger partial charge in [-0.25, -0.2) is 0 Å². The summed E-state index contributed by atoms with van der Waals surface area (Å²) >= 11 is 3.52. The fraction of sp³-hybridized carbons (Fsp3) is 0.278. The number of halogens is 1. The maximum Gasteiger partial charge on any atom is 0.255 e. The normalized spacial score (nSPS) is 22.0. The number of amides is 1. The van der Waals surface area contributed by atoms with Gasteiger partial charge in [0.05, 0.1) is 22.8 Å². The van der Waals surface area contributed by atoms with E-state index in [2.05, 4.69) is 26.1 Å². The predicted octanol–water partition coefficient (Wildman–Crippen LogP) is 3.11. The van der Waals surface area contributed by atoms with E-state index in [1.54, 1.807) is 7.11 Å². The summed E-state index contributed by atoms with van der Waals surface area (Å²) < 4.78 is 6.16. The Hall–Kier alpha value is -2.05. The molecule has 6 heteroatoms. The molecule has 0 radical (unpaired) electrons. The Morgan fingerprint density at radius 3 is 2.92 bits per heavy atom. The number of hydrogen-bond acceptors (Lipinski definition) is 4. The Kier molecular flexibility index (Phi) is 3.73. The van der Waals surface area contributed by atoms with E-state index in [1.165, 1.54) is 0 Å². The molecule has 0 spiro atoms. The third-order valence-corrected chi connectivity index (χ3v) is 5.37. The van der Waals surface area contributed by atoms with E-state index < -0.39 is 0 Å². The molecule has 5 nitrogen and oxygen atoms in total. The van der Waals surface area contributed by atoms with Crippen LogP contribution in [-0.4, -0.2) is 19.6 Å². The lowest BCUT2D eigenvalue weighted by Gasteiger charge is -2.44. The molecule has 0 fully saturated rings. The van der Waals surface area contributed by atoms with Crippen LogP contribution in [0.15, 0.2) is 40.9 Å². The molecule has 1 amide bonds. The van der Waals surface area contributed by atoms with Crippen LogP contribution in [0, 0.1) is 0 Å². The van der Waals surface area contributed by atoms with Crippen LogP contribution in [-0.2, 0) is 0 Å². The molecule has 2 aliphatic heterocycles. The Bertz CT molecular complexity index is 824. The number of anilines is 1. The van der Waals surface area contributed by atoms with E-state index in [0.717, 1.165) is 40.0 Å². The minimum absolute atomic E-state index is 0.0228. The van der Waals surface area contributed by atoms with Crippen molar-refractivity contribution in [2.45, 2.75) is 18.6 Å². The van der Waals surface area contributed by atoms with Crippen molar-refractivity contribution < 1.29 is 9.53 Å². The smallest absolute Gasteiger partial charge is 0.255 e. The number of para-hydroxylation sites is 1. The highest BCUT2D eigenvalue weighted by Gasteiger charge is 2.37. The fourth-order valence-electron chi connectivity index (χ4n) is 3.56. The third kappa shape index (κ3) is 2.29. The number of benzene rings is 2. The molecule has 4 rings (SSSR count). The fourth-order valence-corrected chi connectivity index (χ4v) is 4.12. The zero-order valence-corrected chi connectivity index (χ0v) is 14.8. The second kappa shape index (κ2) is 5.79. The maximum absolute atomic E-state index is 12.6. The van der Waals surface area contributed by atoms with Gasteiger partial charge < -0.3 is 20.7 Å². The van der Waals surface area contributed by atoms with Crippen molar-refractivity contribution in [1.29, 1.82) is 0 Å². The molecule has 0 bridgehead atoms. The number of carbonyl (C=O) groups excluding carboxylic acids is 1. The van der Waals surface area contributed by atoms with Crippen molar-refractivity contribution in [3.05, 3.63) is 57.6 Å². The van der Waals surface area contributed by atoms with Crippen molar-refractivity contribution >= 4 is 27.5 Å². The molecule has 0 aliphatic carbocycles. The Morgan fingerprint density at radius 1 is 1.33 bits per heavy atom. The number of hydrogen-bond donors (Lipinski definition) is 2. The molecule has 3 N–H and O–H groups in total. The molecule has 2 aliphatic rings. The van der Waals surface area contributed by atoms with Gasteiger partial charge in [0.2, 0.25) is 0 Å². The van der Waals surface area contributed by atoms with Crippen molar-refractivity contribution in [3.63, 3.8) is 0 Å². The zero-order valence-electron chi connectivity index (χ0n) is 13.3. The van der Waals surface area contributed by atoms with E-state index in [9.17, 15) is 4.79 Å². The number of nitrogens with one attached hydrogen (secondary N) is 1. The molecule has 24 heavy (non-hydrogen) atoms. The van der Waals surface area contributed by atoms with Gasteiger partial charge in [-0.2, -0.15) is 0 Å². The topological polar surface area (TPSA) is 67.6 Å². The first-order valence-corrected chi connectivity index (χ1v) is 8.69. The van der Waals surface area contributed by atoms with Crippen molar-refractivity contribution in [1.82, 2.24) is 5.32 Å². The first kappa shape index (κ1) is 15.5. The lowest BCUT2D eigenvalue weighted by molar-refractivity contribution is 0.0925. The standard InChI is InChI=1S/C18H18BrN3O2/c1-24-15-6-5-10(9-13(15)19)17-21-18(23)12-4-2-3-11-14(20)7-8-22(17)16(11)12/h2-6,9,14,17H,7-8,20H2,1H3,(H,21,23)/t14-,17+/m1/s1. The largest absolute Gasteiger partial charge is 0.496 e. The Morgan fingerprint density at radius 2 is 2.17 bits per heavy atom. The lowest BCUT2D eigenvalue weighted by atomic mass is 9.90. The molecule has 0 aromatic heterocycles. The highest BCUT2D eigenvalue weighted by atomic mass is 79.9. The average Bonchev–Trinajstić information content (AvgIpc) is 2.59. The summed E-state index contributed by atoms with van der Waals surface area (Å²) in [5.74, 6) is 0.705. The summed E-state index contributed by atoms with van der Waals surface area (Å²) in [6.45, 7) is 0.805. The van der Waals surface area contributed by atoms with E-state index in [4.69, 9.17) is 10.5 Å². The molecule has 2 atom stereocenters. The molecule has 0 saturated carbocycles. The average molecular weight is 388 g/mol. The number of carbonyl (C=O) groups is 1. The Balaban J connectivity index is 1.82. The molecule has 2 aromatic rings. The lowest BCUT2D eigenvalue weighted by Crippen LogP contribution is -2.49. The van der Waals surface area contributed by atoms with E-state index >= 15 is 0 Å².